The first-order valence-electron chi connectivity index (χ1n) is 7.40. The van der Waals surface area contributed by atoms with Crippen molar-refractivity contribution in [2.24, 2.45) is 0 Å². The van der Waals surface area contributed by atoms with Crippen LogP contribution < -0.4 is 5.32 Å². The summed E-state index contributed by atoms with van der Waals surface area (Å²) in [6.45, 7) is 2.67. The third kappa shape index (κ3) is 3.07. The van der Waals surface area contributed by atoms with E-state index < -0.39 is 0 Å². The minimum atomic E-state index is -0.288. The Balaban J connectivity index is 2.39. The summed E-state index contributed by atoms with van der Waals surface area (Å²) in [5.41, 5.74) is 0.404. The van der Waals surface area contributed by atoms with Crippen LogP contribution in [0.2, 0.25) is 0 Å². The van der Waals surface area contributed by atoms with Gasteiger partial charge in [0.2, 0.25) is 0 Å². The fourth-order valence-corrected chi connectivity index (χ4v) is 3.78. The second-order valence-electron chi connectivity index (χ2n) is 5.42. The van der Waals surface area contributed by atoms with Crippen molar-refractivity contribution < 1.29 is 9.13 Å². The van der Waals surface area contributed by atoms with Crippen LogP contribution in [0.5, 0.6) is 0 Å². The van der Waals surface area contributed by atoms with Crippen molar-refractivity contribution >= 4 is 15.9 Å². The smallest absolute Gasteiger partial charge is 0.142 e. The molecule has 1 saturated carbocycles. The molecule has 1 fully saturated rings. The van der Waals surface area contributed by atoms with Crippen molar-refractivity contribution in [3.63, 3.8) is 0 Å². The molecule has 1 aromatic carbocycles. The van der Waals surface area contributed by atoms with Crippen LogP contribution in [0.3, 0.4) is 0 Å². The predicted octanol–water partition coefficient (Wildman–Crippen LogP) is 4.59. The molecule has 112 valence electrons. The zero-order chi connectivity index (χ0) is 14.6. The molecule has 1 unspecified atom stereocenters. The van der Waals surface area contributed by atoms with Gasteiger partial charge in [0.15, 0.2) is 0 Å². The maximum atomic E-state index is 14.5. The molecule has 0 amide bonds. The van der Waals surface area contributed by atoms with Gasteiger partial charge in [0.25, 0.3) is 0 Å². The van der Waals surface area contributed by atoms with E-state index in [2.05, 4.69) is 21.2 Å². The number of nitrogens with one attached hydrogen (secondary N) is 1. The van der Waals surface area contributed by atoms with Crippen LogP contribution in [-0.2, 0) is 4.74 Å². The van der Waals surface area contributed by atoms with Gasteiger partial charge >= 0.3 is 0 Å². The zero-order valence-corrected chi connectivity index (χ0v) is 13.8. The fourth-order valence-electron chi connectivity index (χ4n) is 3.40. The van der Waals surface area contributed by atoms with Gasteiger partial charge in [-0.15, -0.1) is 0 Å². The van der Waals surface area contributed by atoms with E-state index >= 15 is 0 Å². The third-order valence-electron chi connectivity index (χ3n) is 4.24. The van der Waals surface area contributed by atoms with Crippen LogP contribution in [-0.4, -0.2) is 19.3 Å². The lowest BCUT2D eigenvalue weighted by atomic mass is 9.76. The highest BCUT2D eigenvalue weighted by atomic mass is 79.9. The summed E-state index contributed by atoms with van der Waals surface area (Å²) in [6, 6.07) is 5.37. The molecule has 1 aliphatic carbocycles. The Kier molecular flexibility index (Phi) is 5.58. The van der Waals surface area contributed by atoms with Gasteiger partial charge in [-0.1, -0.05) is 31.4 Å². The average Bonchev–Trinajstić information content (AvgIpc) is 2.45. The van der Waals surface area contributed by atoms with E-state index in [9.17, 15) is 4.39 Å². The number of likely N-dealkylation sites (N-methyl/N-ethyl adjacent to an activating group) is 1. The van der Waals surface area contributed by atoms with Gasteiger partial charge in [0.1, 0.15) is 5.82 Å². The van der Waals surface area contributed by atoms with Crippen molar-refractivity contribution in [3.05, 3.63) is 34.1 Å². The van der Waals surface area contributed by atoms with Gasteiger partial charge in [0, 0.05) is 12.2 Å². The van der Waals surface area contributed by atoms with Gasteiger partial charge in [-0.25, -0.2) is 4.39 Å². The second-order valence-corrected chi connectivity index (χ2v) is 6.28. The summed E-state index contributed by atoms with van der Waals surface area (Å²) < 4.78 is 21.1. The normalized spacial score (nSPS) is 19.8. The van der Waals surface area contributed by atoms with Gasteiger partial charge in [-0.05, 0) is 48.8 Å². The summed E-state index contributed by atoms with van der Waals surface area (Å²) in [5, 5.41) is 3.30. The Labute approximate surface area is 129 Å². The molecule has 20 heavy (non-hydrogen) atoms. The molecule has 0 heterocycles. The number of ether oxygens (including phenoxy) is 1. The molecule has 0 aliphatic heterocycles. The lowest BCUT2D eigenvalue weighted by molar-refractivity contribution is -0.0905. The van der Waals surface area contributed by atoms with Gasteiger partial charge in [-0.3, -0.25) is 0 Å². The average molecular weight is 344 g/mol. The Morgan fingerprint density at radius 3 is 2.65 bits per heavy atom. The lowest BCUT2D eigenvalue weighted by Gasteiger charge is -2.43. The molecule has 1 atom stereocenters. The van der Waals surface area contributed by atoms with Gasteiger partial charge in [-0.2, -0.15) is 0 Å². The van der Waals surface area contributed by atoms with E-state index in [0.717, 1.165) is 25.7 Å². The maximum absolute atomic E-state index is 14.5. The quantitative estimate of drug-likeness (QED) is 0.844. The Hall–Kier alpha value is -0.450. The van der Waals surface area contributed by atoms with E-state index in [1.807, 2.05) is 26.1 Å². The molecule has 2 rings (SSSR count). The van der Waals surface area contributed by atoms with Crippen LogP contribution in [0.15, 0.2) is 22.7 Å². The monoisotopic (exact) mass is 343 g/mol. The first kappa shape index (κ1) is 15.9. The predicted molar refractivity (Wildman–Crippen MR) is 83.3 cm³/mol. The van der Waals surface area contributed by atoms with E-state index in [1.165, 1.54) is 6.42 Å². The molecule has 4 heteroatoms. The van der Waals surface area contributed by atoms with Crippen LogP contribution in [0.25, 0.3) is 0 Å². The third-order valence-corrected chi connectivity index (χ3v) is 4.85. The number of halogens is 2. The van der Waals surface area contributed by atoms with E-state index in [0.29, 0.717) is 16.6 Å². The number of hydrogen-bond acceptors (Lipinski definition) is 2. The fraction of sp³-hybridized carbons (Fsp3) is 0.625. The van der Waals surface area contributed by atoms with Crippen molar-refractivity contribution in [1.82, 2.24) is 5.32 Å². The zero-order valence-electron chi connectivity index (χ0n) is 12.2. The minimum Gasteiger partial charge on any atom is -0.373 e. The van der Waals surface area contributed by atoms with Gasteiger partial charge in [0.05, 0.1) is 16.1 Å². The van der Waals surface area contributed by atoms with E-state index in [4.69, 9.17) is 4.74 Å². The number of rotatable bonds is 5. The molecule has 1 aromatic rings. The van der Waals surface area contributed by atoms with Crippen molar-refractivity contribution in [3.8, 4) is 0 Å². The number of benzene rings is 1. The first-order chi connectivity index (χ1) is 9.64. The second kappa shape index (κ2) is 7.01. The molecular formula is C16H23BrFNO. The Bertz CT molecular complexity index is 441. The summed E-state index contributed by atoms with van der Waals surface area (Å²) in [7, 11) is 1.89. The molecule has 2 nitrogen and oxygen atoms in total. The largest absolute Gasteiger partial charge is 0.373 e. The minimum absolute atomic E-state index is 0.111. The van der Waals surface area contributed by atoms with Crippen molar-refractivity contribution in [2.75, 3.05) is 13.7 Å². The van der Waals surface area contributed by atoms with Crippen LogP contribution in [0.4, 0.5) is 4.39 Å². The molecule has 0 spiro atoms. The van der Waals surface area contributed by atoms with Crippen molar-refractivity contribution in [2.45, 2.75) is 50.7 Å². The highest BCUT2D eigenvalue weighted by Crippen LogP contribution is 2.42. The topological polar surface area (TPSA) is 21.3 Å². The maximum Gasteiger partial charge on any atom is 0.142 e. The van der Waals surface area contributed by atoms with Crippen LogP contribution >= 0.6 is 15.9 Å². The van der Waals surface area contributed by atoms with E-state index in [1.54, 1.807) is 6.07 Å². The molecule has 0 aromatic heterocycles. The Morgan fingerprint density at radius 2 is 2.05 bits per heavy atom. The highest BCUT2D eigenvalue weighted by molar-refractivity contribution is 9.10. The van der Waals surface area contributed by atoms with Crippen molar-refractivity contribution in [1.29, 1.82) is 0 Å². The molecule has 1 aliphatic rings. The summed E-state index contributed by atoms with van der Waals surface area (Å²) >= 11 is 3.28. The van der Waals surface area contributed by atoms with E-state index in [-0.39, 0.29) is 17.5 Å². The summed E-state index contributed by atoms with van der Waals surface area (Å²) in [6.07, 6.45) is 5.50. The standard InChI is InChI=1S/C16H23BrFNO/c1-3-20-16(10-5-4-6-11-16)15(19-2)12-8-7-9-13(17)14(12)18/h7-9,15,19H,3-6,10-11H2,1-2H3. The summed E-state index contributed by atoms with van der Waals surface area (Å²) in [4.78, 5) is 0. The molecular weight excluding hydrogens is 321 g/mol. The van der Waals surface area contributed by atoms with Crippen LogP contribution in [0.1, 0.15) is 50.6 Å². The SMILES string of the molecule is CCOC1(C(NC)c2cccc(Br)c2F)CCCCC1. The Morgan fingerprint density at radius 1 is 1.35 bits per heavy atom. The number of hydrogen-bond donors (Lipinski definition) is 1. The van der Waals surface area contributed by atoms with Gasteiger partial charge < -0.3 is 10.1 Å². The molecule has 0 saturated heterocycles. The summed E-state index contributed by atoms with van der Waals surface area (Å²) in [5.74, 6) is -0.184. The molecule has 0 bridgehead atoms. The lowest BCUT2D eigenvalue weighted by Crippen LogP contribution is -2.47. The first-order valence-corrected chi connectivity index (χ1v) is 8.19. The highest BCUT2D eigenvalue weighted by Gasteiger charge is 2.41. The van der Waals surface area contributed by atoms with Crippen LogP contribution in [0, 0.1) is 5.82 Å². The molecule has 0 radical (unpaired) electrons. The molecule has 1 N–H and O–H groups in total.